The zero-order valence-electron chi connectivity index (χ0n) is 25.4. The Kier molecular flexibility index (Phi) is 5.13. The van der Waals surface area contributed by atoms with Crippen LogP contribution < -0.4 is 0 Å². The molecule has 2 nitrogen and oxygen atoms in total. The van der Waals surface area contributed by atoms with E-state index in [0.29, 0.717) is 0 Å². The minimum Gasteiger partial charge on any atom is -0.242 e. The monoisotopic (exact) mass is 614 g/mol. The Morgan fingerprint density at radius 1 is 0.362 bits per heavy atom. The highest BCUT2D eigenvalue weighted by Crippen LogP contribution is 2.48. The molecule has 0 radical (unpaired) electrons. The number of benzene rings is 7. The van der Waals surface area contributed by atoms with Gasteiger partial charge in [0.1, 0.15) is 11.0 Å². The first-order valence-corrected chi connectivity index (χ1v) is 17.1. The SMILES string of the molecule is c1ccc2c(c1)Cc1cc(-c3sc(-c4ccc5c(c4)Cc4ccccc4-5)c4nc5c6ccccc6c6ccccc6c5nc34)ccc1-2. The molecule has 0 fully saturated rings. The maximum absolute atomic E-state index is 5.56. The molecule has 0 spiro atoms. The third-order valence-corrected chi connectivity index (χ3v) is 11.6. The predicted molar refractivity (Wildman–Crippen MR) is 197 cm³/mol. The van der Waals surface area contributed by atoms with Crippen LogP contribution in [0.3, 0.4) is 0 Å². The number of rotatable bonds is 2. The van der Waals surface area contributed by atoms with Gasteiger partial charge < -0.3 is 0 Å². The average molecular weight is 615 g/mol. The lowest BCUT2D eigenvalue weighted by Crippen LogP contribution is -1.91. The topological polar surface area (TPSA) is 25.8 Å². The molecular weight excluding hydrogens is 589 g/mol. The van der Waals surface area contributed by atoms with Crippen molar-refractivity contribution in [2.75, 3.05) is 0 Å². The number of hydrogen-bond acceptors (Lipinski definition) is 3. The fourth-order valence-electron chi connectivity index (χ4n) is 8.14. The van der Waals surface area contributed by atoms with Crippen molar-refractivity contribution in [3.05, 3.63) is 156 Å². The molecule has 2 aliphatic carbocycles. The van der Waals surface area contributed by atoms with Crippen molar-refractivity contribution in [3.8, 4) is 43.1 Å². The molecule has 0 unspecified atom stereocenters. The second-order valence-electron chi connectivity index (χ2n) is 12.9. The molecule has 9 aromatic rings. The van der Waals surface area contributed by atoms with Crippen LogP contribution in [0.15, 0.2) is 133 Å². The molecule has 0 N–H and O–H groups in total. The third-order valence-electron chi connectivity index (χ3n) is 10.3. The second kappa shape index (κ2) is 9.45. The fraction of sp³-hybridized carbons (Fsp3) is 0.0455. The number of aromatic nitrogens is 2. The van der Waals surface area contributed by atoms with Crippen LogP contribution in [0.4, 0.5) is 0 Å². The van der Waals surface area contributed by atoms with Crippen LogP contribution in [0, 0.1) is 0 Å². The van der Waals surface area contributed by atoms with E-state index in [1.807, 2.05) is 11.3 Å². The Labute approximate surface area is 275 Å². The highest BCUT2D eigenvalue weighted by atomic mass is 32.1. The van der Waals surface area contributed by atoms with E-state index in [1.165, 1.54) is 76.2 Å². The summed E-state index contributed by atoms with van der Waals surface area (Å²) in [5, 5.41) is 4.73. The lowest BCUT2D eigenvalue weighted by molar-refractivity contribution is 1.26. The molecule has 2 heterocycles. The summed E-state index contributed by atoms with van der Waals surface area (Å²) < 4.78 is 0. The second-order valence-corrected chi connectivity index (χ2v) is 13.9. The standard InChI is InChI=1S/C44H26N2S/c1-3-11-31-25(9-1)21-29-23-27(17-19-33(29)31)43-41-42(44(47-43)28-18-20-34-30(24-28)22-26-10-2-4-12-32(26)34)46-40-38-16-8-6-14-36(38)35-13-5-7-15-37(35)39(40)45-41/h1-20,23-24H,21-22H2. The van der Waals surface area contributed by atoms with Gasteiger partial charge in [0.05, 0.1) is 20.8 Å². The van der Waals surface area contributed by atoms with Gasteiger partial charge in [0.2, 0.25) is 0 Å². The van der Waals surface area contributed by atoms with Crippen LogP contribution in [-0.4, -0.2) is 9.97 Å². The van der Waals surface area contributed by atoms with Gasteiger partial charge >= 0.3 is 0 Å². The van der Waals surface area contributed by atoms with Crippen molar-refractivity contribution < 1.29 is 0 Å². The summed E-state index contributed by atoms with van der Waals surface area (Å²) in [5.74, 6) is 0. The Bertz CT molecular complexity index is 2610. The van der Waals surface area contributed by atoms with Gasteiger partial charge in [0, 0.05) is 10.8 Å². The minimum atomic E-state index is 0.964. The number of nitrogens with zero attached hydrogens (tertiary/aromatic N) is 2. The lowest BCUT2D eigenvalue weighted by atomic mass is 9.99. The highest BCUT2D eigenvalue weighted by molar-refractivity contribution is 7.20. The van der Waals surface area contributed by atoms with E-state index in [0.717, 1.165) is 45.7 Å². The van der Waals surface area contributed by atoms with E-state index >= 15 is 0 Å². The quantitative estimate of drug-likeness (QED) is 0.181. The highest BCUT2D eigenvalue weighted by Gasteiger charge is 2.25. The largest absolute Gasteiger partial charge is 0.242 e. The Morgan fingerprint density at radius 2 is 0.766 bits per heavy atom. The first kappa shape index (κ1) is 25.5. The Hall–Kier alpha value is -5.64. The summed E-state index contributed by atoms with van der Waals surface area (Å²) in [6.45, 7) is 0. The average Bonchev–Trinajstić information content (AvgIpc) is 3.81. The number of thiophene rings is 1. The molecule has 47 heavy (non-hydrogen) atoms. The Balaban J connectivity index is 1.20. The molecule has 2 aliphatic rings. The van der Waals surface area contributed by atoms with Crippen molar-refractivity contribution in [1.29, 1.82) is 0 Å². The summed E-state index contributed by atoms with van der Waals surface area (Å²) in [6.07, 6.45) is 1.93. The van der Waals surface area contributed by atoms with Gasteiger partial charge in [0.25, 0.3) is 0 Å². The van der Waals surface area contributed by atoms with Gasteiger partial charge in [-0.2, -0.15) is 0 Å². The van der Waals surface area contributed by atoms with Crippen LogP contribution in [0.2, 0.25) is 0 Å². The molecule has 0 aliphatic heterocycles. The molecule has 7 aromatic carbocycles. The van der Waals surface area contributed by atoms with E-state index in [9.17, 15) is 0 Å². The molecule has 0 bridgehead atoms. The molecular formula is C44H26N2S. The van der Waals surface area contributed by atoms with Crippen LogP contribution in [-0.2, 0) is 12.8 Å². The van der Waals surface area contributed by atoms with E-state index in [1.54, 1.807) is 0 Å². The van der Waals surface area contributed by atoms with E-state index < -0.39 is 0 Å². The minimum absolute atomic E-state index is 0.964. The van der Waals surface area contributed by atoms with Gasteiger partial charge in [-0.15, -0.1) is 11.3 Å². The lowest BCUT2D eigenvalue weighted by Gasteiger charge is -2.10. The molecule has 218 valence electrons. The van der Waals surface area contributed by atoms with Crippen LogP contribution in [0.5, 0.6) is 0 Å². The molecule has 3 heteroatoms. The fourth-order valence-corrected chi connectivity index (χ4v) is 9.31. The summed E-state index contributed by atoms with van der Waals surface area (Å²) in [7, 11) is 0. The molecule has 0 amide bonds. The number of fused-ring (bicyclic) bond motifs is 13. The van der Waals surface area contributed by atoms with Gasteiger partial charge in [-0.05, 0) is 91.4 Å². The summed E-state index contributed by atoms with van der Waals surface area (Å²) in [6, 6.07) is 48.9. The normalized spacial score (nSPS) is 12.9. The zero-order chi connectivity index (χ0) is 30.6. The molecule has 0 atom stereocenters. The van der Waals surface area contributed by atoms with E-state index in [2.05, 4.69) is 133 Å². The van der Waals surface area contributed by atoms with Gasteiger partial charge in [-0.3, -0.25) is 0 Å². The van der Waals surface area contributed by atoms with Crippen molar-refractivity contribution >= 4 is 54.9 Å². The molecule has 0 saturated carbocycles. The zero-order valence-corrected chi connectivity index (χ0v) is 26.2. The maximum Gasteiger partial charge on any atom is 0.109 e. The first-order valence-electron chi connectivity index (χ1n) is 16.3. The van der Waals surface area contributed by atoms with Gasteiger partial charge in [-0.1, -0.05) is 121 Å². The molecule has 2 aromatic heterocycles. The van der Waals surface area contributed by atoms with Crippen LogP contribution in [0.25, 0.3) is 86.7 Å². The smallest absolute Gasteiger partial charge is 0.109 e. The van der Waals surface area contributed by atoms with Gasteiger partial charge in [0.15, 0.2) is 0 Å². The predicted octanol–water partition coefficient (Wildman–Crippen LogP) is 11.6. The Morgan fingerprint density at radius 3 is 1.26 bits per heavy atom. The first-order chi connectivity index (χ1) is 23.3. The summed E-state index contributed by atoms with van der Waals surface area (Å²) in [4.78, 5) is 13.5. The van der Waals surface area contributed by atoms with Crippen molar-refractivity contribution in [2.45, 2.75) is 12.8 Å². The molecule has 11 rings (SSSR count). The van der Waals surface area contributed by atoms with Crippen LogP contribution >= 0.6 is 11.3 Å². The third kappa shape index (κ3) is 3.60. The van der Waals surface area contributed by atoms with Gasteiger partial charge in [-0.25, -0.2) is 9.97 Å². The van der Waals surface area contributed by atoms with Crippen molar-refractivity contribution in [1.82, 2.24) is 9.97 Å². The number of hydrogen-bond donors (Lipinski definition) is 0. The van der Waals surface area contributed by atoms with E-state index in [4.69, 9.17) is 9.97 Å². The van der Waals surface area contributed by atoms with E-state index in [-0.39, 0.29) is 0 Å². The van der Waals surface area contributed by atoms with Crippen LogP contribution in [0.1, 0.15) is 22.3 Å². The summed E-state index contributed by atoms with van der Waals surface area (Å²) >= 11 is 1.83. The van der Waals surface area contributed by atoms with Crippen molar-refractivity contribution in [3.63, 3.8) is 0 Å². The molecule has 0 saturated heterocycles. The van der Waals surface area contributed by atoms with Crippen molar-refractivity contribution in [2.24, 2.45) is 0 Å². The maximum atomic E-state index is 5.56. The summed E-state index contributed by atoms with van der Waals surface area (Å²) in [5.41, 5.74) is 17.3.